The lowest BCUT2D eigenvalue weighted by molar-refractivity contribution is 0.223. The number of benzene rings is 2. The van der Waals surface area contributed by atoms with Crippen molar-refractivity contribution in [2.75, 3.05) is 44.0 Å². The minimum atomic E-state index is 0.490. The summed E-state index contributed by atoms with van der Waals surface area (Å²) in [7, 11) is 1.64. The van der Waals surface area contributed by atoms with Crippen molar-refractivity contribution in [3.05, 3.63) is 59.2 Å². The molecule has 3 rings (SSSR count). The maximum Gasteiger partial charge on any atom is 0.229 e. The molecule has 164 valence electrons. The first-order valence-electron chi connectivity index (χ1n) is 10.3. The maximum absolute atomic E-state index is 5.84. The monoisotopic (exact) mass is 485 g/mol. The summed E-state index contributed by atoms with van der Waals surface area (Å²) in [5.41, 5.74) is 1.75. The zero-order valence-corrected chi connectivity index (χ0v) is 19.6. The van der Waals surface area contributed by atoms with E-state index in [2.05, 4.69) is 55.3 Å². The van der Waals surface area contributed by atoms with Crippen molar-refractivity contribution < 1.29 is 9.47 Å². The van der Waals surface area contributed by atoms with Gasteiger partial charge in [-0.05, 0) is 65.4 Å². The molecule has 0 aliphatic carbocycles. The molecule has 3 aromatic rings. The Hall–Kier alpha value is -2.84. The molecular formula is C23H28BrN5O2. The van der Waals surface area contributed by atoms with Crippen LogP contribution in [0.15, 0.2) is 59.2 Å². The fraction of sp³-hybridized carbons (Fsp3) is 0.304. The zero-order chi connectivity index (χ0) is 22.1. The van der Waals surface area contributed by atoms with Crippen LogP contribution >= 0.6 is 15.9 Å². The van der Waals surface area contributed by atoms with E-state index in [0.717, 1.165) is 47.0 Å². The quantitative estimate of drug-likeness (QED) is 0.373. The molecule has 1 heterocycles. The van der Waals surface area contributed by atoms with E-state index in [4.69, 9.17) is 9.47 Å². The van der Waals surface area contributed by atoms with Gasteiger partial charge in [0.15, 0.2) is 0 Å². The number of hydrogen-bond donors (Lipinski definition) is 2. The Balaban J connectivity index is 1.61. The second-order valence-corrected chi connectivity index (χ2v) is 7.63. The van der Waals surface area contributed by atoms with Crippen LogP contribution in [0.2, 0.25) is 0 Å². The third-order valence-corrected chi connectivity index (χ3v) is 5.34. The Morgan fingerprint density at radius 3 is 2.45 bits per heavy atom. The van der Waals surface area contributed by atoms with Gasteiger partial charge in [-0.15, -0.1) is 0 Å². The standard InChI is InChI=1S/C23H28BrN5O2/c1-4-29(5-2)13-14-31-19-11-9-17(10-12-19)27-23-25-16-21(24)22(28-23)26-18-7-6-8-20(15-18)30-3/h6-12,15-16H,4-5,13-14H2,1-3H3,(H2,25,26,27,28). The summed E-state index contributed by atoms with van der Waals surface area (Å²) < 4.78 is 11.9. The van der Waals surface area contributed by atoms with Crippen molar-refractivity contribution in [3.8, 4) is 11.5 Å². The summed E-state index contributed by atoms with van der Waals surface area (Å²) in [4.78, 5) is 11.3. The first-order chi connectivity index (χ1) is 15.1. The Morgan fingerprint density at radius 2 is 1.74 bits per heavy atom. The van der Waals surface area contributed by atoms with Crippen molar-refractivity contribution in [1.29, 1.82) is 0 Å². The van der Waals surface area contributed by atoms with Gasteiger partial charge in [0.1, 0.15) is 23.9 Å². The van der Waals surface area contributed by atoms with E-state index in [9.17, 15) is 0 Å². The molecule has 2 aromatic carbocycles. The number of hydrogen-bond acceptors (Lipinski definition) is 7. The van der Waals surface area contributed by atoms with E-state index in [1.165, 1.54) is 0 Å². The summed E-state index contributed by atoms with van der Waals surface area (Å²) in [5, 5.41) is 6.51. The lowest BCUT2D eigenvalue weighted by Crippen LogP contribution is -2.27. The molecule has 0 amide bonds. The number of likely N-dealkylation sites (N-methyl/N-ethyl adjacent to an activating group) is 1. The smallest absolute Gasteiger partial charge is 0.229 e. The number of nitrogens with zero attached hydrogens (tertiary/aromatic N) is 3. The first kappa shape index (κ1) is 22.8. The van der Waals surface area contributed by atoms with E-state index in [-0.39, 0.29) is 0 Å². The molecule has 0 atom stereocenters. The Labute approximate surface area is 191 Å². The van der Waals surface area contributed by atoms with Gasteiger partial charge < -0.3 is 25.0 Å². The molecule has 0 saturated heterocycles. The second kappa shape index (κ2) is 11.5. The molecule has 31 heavy (non-hydrogen) atoms. The molecule has 0 aliphatic heterocycles. The summed E-state index contributed by atoms with van der Waals surface area (Å²) in [6, 6.07) is 15.5. The van der Waals surface area contributed by atoms with Gasteiger partial charge in [-0.25, -0.2) is 4.98 Å². The molecular weight excluding hydrogens is 458 g/mol. The third kappa shape index (κ3) is 6.83. The van der Waals surface area contributed by atoms with Crippen LogP contribution in [0.4, 0.5) is 23.1 Å². The first-order valence-corrected chi connectivity index (χ1v) is 11.1. The molecule has 0 fully saturated rings. The highest BCUT2D eigenvalue weighted by Crippen LogP contribution is 2.27. The van der Waals surface area contributed by atoms with Crippen LogP contribution in [0.3, 0.4) is 0 Å². The highest BCUT2D eigenvalue weighted by atomic mass is 79.9. The van der Waals surface area contributed by atoms with Crippen molar-refractivity contribution >= 4 is 39.1 Å². The molecule has 0 unspecified atom stereocenters. The minimum absolute atomic E-state index is 0.490. The lowest BCUT2D eigenvalue weighted by Gasteiger charge is -2.18. The number of rotatable bonds is 11. The largest absolute Gasteiger partial charge is 0.497 e. The van der Waals surface area contributed by atoms with Gasteiger partial charge in [-0.2, -0.15) is 4.98 Å². The summed E-state index contributed by atoms with van der Waals surface area (Å²) in [5.74, 6) is 2.76. The van der Waals surface area contributed by atoms with Gasteiger partial charge >= 0.3 is 0 Å². The van der Waals surface area contributed by atoms with Crippen LogP contribution < -0.4 is 20.1 Å². The molecule has 0 bridgehead atoms. The molecule has 0 radical (unpaired) electrons. The van der Waals surface area contributed by atoms with Gasteiger partial charge in [-0.1, -0.05) is 19.9 Å². The van der Waals surface area contributed by atoms with Crippen molar-refractivity contribution in [1.82, 2.24) is 14.9 Å². The maximum atomic E-state index is 5.84. The van der Waals surface area contributed by atoms with E-state index >= 15 is 0 Å². The highest BCUT2D eigenvalue weighted by molar-refractivity contribution is 9.10. The van der Waals surface area contributed by atoms with Crippen LogP contribution in [-0.2, 0) is 0 Å². The van der Waals surface area contributed by atoms with Gasteiger partial charge in [0.2, 0.25) is 5.95 Å². The molecule has 7 nitrogen and oxygen atoms in total. The second-order valence-electron chi connectivity index (χ2n) is 6.77. The van der Waals surface area contributed by atoms with Gasteiger partial charge in [0.25, 0.3) is 0 Å². The normalized spacial score (nSPS) is 10.7. The Kier molecular flexibility index (Phi) is 8.49. The predicted molar refractivity (Wildman–Crippen MR) is 129 cm³/mol. The summed E-state index contributed by atoms with van der Waals surface area (Å²) in [6.45, 7) is 7.97. The van der Waals surface area contributed by atoms with Gasteiger partial charge in [0.05, 0.1) is 11.6 Å². The van der Waals surface area contributed by atoms with Crippen LogP contribution in [0.5, 0.6) is 11.5 Å². The number of nitrogens with one attached hydrogen (secondary N) is 2. The number of aromatic nitrogens is 2. The van der Waals surface area contributed by atoms with Crippen LogP contribution in [0.1, 0.15) is 13.8 Å². The summed E-state index contributed by atoms with van der Waals surface area (Å²) in [6.07, 6.45) is 1.71. The molecule has 8 heteroatoms. The van der Waals surface area contributed by atoms with Gasteiger partial charge in [0, 0.05) is 30.2 Å². The Bertz CT molecular complexity index is 964. The minimum Gasteiger partial charge on any atom is -0.497 e. The summed E-state index contributed by atoms with van der Waals surface area (Å²) >= 11 is 3.50. The molecule has 1 aromatic heterocycles. The van der Waals surface area contributed by atoms with Crippen LogP contribution in [-0.4, -0.2) is 48.2 Å². The van der Waals surface area contributed by atoms with E-state index in [0.29, 0.717) is 18.4 Å². The number of ether oxygens (including phenoxy) is 2. The third-order valence-electron chi connectivity index (χ3n) is 4.76. The lowest BCUT2D eigenvalue weighted by atomic mass is 10.3. The molecule has 0 spiro atoms. The average molecular weight is 486 g/mol. The topological polar surface area (TPSA) is 71.5 Å². The highest BCUT2D eigenvalue weighted by Gasteiger charge is 2.07. The van der Waals surface area contributed by atoms with Crippen LogP contribution in [0, 0.1) is 0 Å². The molecule has 0 aliphatic rings. The number of halogens is 1. The van der Waals surface area contributed by atoms with Crippen molar-refractivity contribution in [3.63, 3.8) is 0 Å². The van der Waals surface area contributed by atoms with E-state index < -0.39 is 0 Å². The molecule has 2 N–H and O–H groups in total. The molecule has 0 saturated carbocycles. The number of methoxy groups -OCH3 is 1. The van der Waals surface area contributed by atoms with Crippen LogP contribution in [0.25, 0.3) is 0 Å². The predicted octanol–water partition coefficient (Wildman–Crippen LogP) is 5.46. The average Bonchev–Trinajstić information content (AvgIpc) is 2.80. The van der Waals surface area contributed by atoms with Crippen molar-refractivity contribution in [2.24, 2.45) is 0 Å². The van der Waals surface area contributed by atoms with Crippen molar-refractivity contribution in [2.45, 2.75) is 13.8 Å². The fourth-order valence-corrected chi connectivity index (χ4v) is 3.24. The van der Waals surface area contributed by atoms with E-state index in [1.54, 1.807) is 13.3 Å². The zero-order valence-electron chi connectivity index (χ0n) is 18.1. The number of anilines is 4. The Morgan fingerprint density at radius 1 is 0.968 bits per heavy atom. The van der Waals surface area contributed by atoms with E-state index in [1.807, 2.05) is 48.5 Å². The SMILES string of the molecule is CCN(CC)CCOc1ccc(Nc2ncc(Br)c(Nc3cccc(OC)c3)n2)cc1. The fourth-order valence-electron chi connectivity index (χ4n) is 2.95. The van der Waals surface area contributed by atoms with Gasteiger partial charge in [-0.3, -0.25) is 0 Å².